The molecule has 6 nitrogen and oxygen atoms in total. The van der Waals surface area contributed by atoms with E-state index in [1.165, 1.54) is 23.9 Å². The van der Waals surface area contributed by atoms with Gasteiger partial charge in [0, 0.05) is 16.1 Å². The van der Waals surface area contributed by atoms with Crippen LogP contribution in [0.1, 0.15) is 28.4 Å². The Morgan fingerprint density at radius 2 is 1.52 bits per heavy atom. The van der Waals surface area contributed by atoms with Gasteiger partial charge in [-0.15, -0.1) is 11.8 Å². The van der Waals surface area contributed by atoms with E-state index in [0.29, 0.717) is 11.3 Å². The predicted molar refractivity (Wildman–Crippen MR) is 158 cm³/mol. The number of thioether (sulfide) groups is 1. The van der Waals surface area contributed by atoms with E-state index in [-0.39, 0.29) is 17.3 Å². The third-order valence-electron chi connectivity index (χ3n) is 5.92. The Balaban J connectivity index is 1.49. The van der Waals surface area contributed by atoms with Crippen molar-refractivity contribution < 1.29 is 18.8 Å². The van der Waals surface area contributed by atoms with Crippen molar-refractivity contribution in [1.29, 1.82) is 0 Å². The lowest BCUT2D eigenvalue weighted by Crippen LogP contribution is -2.30. The number of anilines is 2. The molecule has 4 aromatic rings. The number of rotatable bonds is 9. The van der Waals surface area contributed by atoms with Gasteiger partial charge in [-0.3, -0.25) is 14.4 Å². The second-order valence-corrected chi connectivity index (χ2v) is 10.4. The molecule has 0 bridgehead atoms. The first-order chi connectivity index (χ1) is 19.3. The molecule has 1 unspecified atom stereocenters. The second kappa shape index (κ2) is 13.4. The molecule has 0 radical (unpaired) electrons. The van der Waals surface area contributed by atoms with E-state index in [1.54, 1.807) is 67.6 Å². The van der Waals surface area contributed by atoms with Crippen LogP contribution in [0.5, 0.6) is 0 Å². The van der Waals surface area contributed by atoms with Crippen LogP contribution in [0, 0.1) is 12.7 Å². The first-order valence-electron chi connectivity index (χ1n) is 12.6. The Morgan fingerprint density at radius 3 is 2.27 bits per heavy atom. The second-order valence-electron chi connectivity index (χ2n) is 8.95. The lowest BCUT2D eigenvalue weighted by molar-refractivity contribution is -0.115. The number of halogens is 1. The molecular formula is C32H28FN3O3S. The maximum Gasteiger partial charge on any atom is 0.272 e. The van der Waals surface area contributed by atoms with E-state index >= 15 is 0 Å². The predicted octanol–water partition coefficient (Wildman–Crippen LogP) is 6.66. The summed E-state index contributed by atoms with van der Waals surface area (Å²) in [5.41, 5.74) is 2.85. The summed E-state index contributed by atoms with van der Waals surface area (Å²) in [6, 6.07) is 29.2. The number of hydrogen-bond donors (Lipinski definition) is 3. The van der Waals surface area contributed by atoms with Crippen molar-refractivity contribution in [2.24, 2.45) is 0 Å². The van der Waals surface area contributed by atoms with Crippen LogP contribution in [-0.4, -0.2) is 23.0 Å². The van der Waals surface area contributed by atoms with E-state index in [2.05, 4.69) is 16.0 Å². The third kappa shape index (κ3) is 7.68. The molecule has 0 saturated carbocycles. The van der Waals surface area contributed by atoms with Crippen LogP contribution in [-0.2, 0) is 9.59 Å². The van der Waals surface area contributed by atoms with Gasteiger partial charge in [0.1, 0.15) is 11.5 Å². The highest BCUT2D eigenvalue weighted by atomic mass is 32.2. The molecule has 0 spiro atoms. The number of carbonyl (C=O) groups is 3. The molecule has 0 aliphatic carbocycles. The summed E-state index contributed by atoms with van der Waals surface area (Å²) in [4.78, 5) is 39.6. The molecule has 8 heteroatoms. The summed E-state index contributed by atoms with van der Waals surface area (Å²) >= 11 is 1.27. The van der Waals surface area contributed by atoms with Crippen molar-refractivity contribution in [3.63, 3.8) is 0 Å². The molecule has 0 fully saturated rings. The lowest BCUT2D eigenvalue weighted by atomic mass is 10.1. The fraction of sp³-hybridized carbons (Fsp3) is 0.0938. The molecule has 0 aliphatic rings. The van der Waals surface area contributed by atoms with Gasteiger partial charge in [-0.1, -0.05) is 60.7 Å². The minimum atomic E-state index is -0.535. The standard InChI is InChI=1S/C32H28FN3O3S/c1-21-11-6-7-14-24(21)19-29(36-31(38)23-12-4-3-5-13-23)32(39)34-25-15-10-16-26(20-25)40-22(2)30(37)35-28-18-9-8-17-27(28)33/h3-20,22H,1-2H3,(H,34,39)(H,35,37)(H,36,38)/b29-19-. The first-order valence-corrected chi connectivity index (χ1v) is 13.5. The smallest absolute Gasteiger partial charge is 0.272 e. The van der Waals surface area contributed by atoms with E-state index in [9.17, 15) is 18.8 Å². The van der Waals surface area contributed by atoms with E-state index in [4.69, 9.17) is 0 Å². The number of amides is 3. The van der Waals surface area contributed by atoms with Gasteiger partial charge in [-0.25, -0.2) is 4.39 Å². The maximum absolute atomic E-state index is 13.9. The van der Waals surface area contributed by atoms with Crippen LogP contribution in [0.4, 0.5) is 15.8 Å². The Kier molecular flexibility index (Phi) is 9.48. The molecule has 3 amide bonds. The average Bonchev–Trinajstić information content (AvgIpc) is 2.95. The summed E-state index contributed by atoms with van der Waals surface area (Å²) in [5, 5.41) is 7.65. The van der Waals surface area contributed by atoms with Gasteiger partial charge in [0.15, 0.2) is 0 Å². The molecule has 4 rings (SSSR count). The Labute approximate surface area is 236 Å². The highest BCUT2D eigenvalue weighted by molar-refractivity contribution is 8.00. The quantitative estimate of drug-likeness (QED) is 0.160. The molecule has 40 heavy (non-hydrogen) atoms. The zero-order valence-electron chi connectivity index (χ0n) is 22.0. The molecule has 0 heterocycles. The SMILES string of the molecule is Cc1ccccc1/C=C(\NC(=O)c1ccccc1)C(=O)Nc1cccc(SC(C)C(=O)Nc2ccccc2F)c1. The van der Waals surface area contributed by atoms with Crippen LogP contribution >= 0.6 is 11.8 Å². The summed E-state index contributed by atoms with van der Waals surface area (Å²) in [6.07, 6.45) is 1.64. The zero-order valence-corrected chi connectivity index (χ0v) is 22.8. The maximum atomic E-state index is 13.9. The normalized spacial score (nSPS) is 11.8. The van der Waals surface area contributed by atoms with E-state index < -0.39 is 22.9 Å². The van der Waals surface area contributed by atoms with Crippen LogP contribution < -0.4 is 16.0 Å². The number of carbonyl (C=O) groups excluding carboxylic acids is 3. The Morgan fingerprint density at radius 1 is 0.825 bits per heavy atom. The zero-order chi connectivity index (χ0) is 28.5. The summed E-state index contributed by atoms with van der Waals surface area (Å²) in [5.74, 6) is -1.77. The number of aryl methyl sites for hydroxylation is 1. The summed E-state index contributed by atoms with van der Waals surface area (Å²) < 4.78 is 13.9. The fourth-order valence-electron chi connectivity index (χ4n) is 3.75. The van der Waals surface area contributed by atoms with Gasteiger partial charge in [-0.05, 0) is 73.5 Å². The van der Waals surface area contributed by atoms with Gasteiger partial charge in [0.25, 0.3) is 11.8 Å². The molecule has 0 aromatic heterocycles. The van der Waals surface area contributed by atoms with Crippen LogP contribution in [0.15, 0.2) is 114 Å². The summed E-state index contributed by atoms with van der Waals surface area (Å²) in [6.45, 7) is 3.64. The van der Waals surface area contributed by atoms with Crippen LogP contribution in [0.2, 0.25) is 0 Å². The number of nitrogens with one attached hydrogen (secondary N) is 3. The summed E-state index contributed by atoms with van der Waals surface area (Å²) in [7, 11) is 0. The highest BCUT2D eigenvalue weighted by Crippen LogP contribution is 2.27. The third-order valence-corrected chi connectivity index (χ3v) is 7.02. The lowest BCUT2D eigenvalue weighted by Gasteiger charge is -2.14. The average molecular weight is 554 g/mol. The Bertz CT molecular complexity index is 1560. The minimum Gasteiger partial charge on any atom is -0.323 e. The van der Waals surface area contributed by atoms with Crippen molar-refractivity contribution >= 4 is 46.9 Å². The van der Waals surface area contributed by atoms with Crippen molar-refractivity contribution in [2.75, 3.05) is 10.6 Å². The number of hydrogen-bond acceptors (Lipinski definition) is 4. The van der Waals surface area contributed by atoms with E-state index in [1.807, 2.05) is 43.3 Å². The molecular weight excluding hydrogens is 525 g/mol. The molecule has 0 aliphatic heterocycles. The largest absolute Gasteiger partial charge is 0.323 e. The van der Waals surface area contributed by atoms with Crippen molar-refractivity contribution in [2.45, 2.75) is 24.0 Å². The van der Waals surface area contributed by atoms with Crippen LogP contribution in [0.3, 0.4) is 0 Å². The van der Waals surface area contributed by atoms with Gasteiger partial charge < -0.3 is 16.0 Å². The van der Waals surface area contributed by atoms with E-state index in [0.717, 1.165) is 16.0 Å². The monoisotopic (exact) mass is 553 g/mol. The number of benzene rings is 4. The Hall–Kier alpha value is -4.69. The fourth-order valence-corrected chi connectivity index (χ4v) is 4.67. The van der Waals surface area contributed by atoms with Crippen LogP contribution in [0.25, 0.3) is 6.08 Å². The minimum absolute atomic E-state index is 0.0823. The van der Waals surface area contributed by atoms with Gasteiger partial charge in [-0.2, -0.15) is 0 Å². The van der Waals surface area contributed by atoms with Crippen molar-refractivity contribution in [1.82, 2.24) is 5.32 Å². The highest BCUT2D eigenvalue weighted by Gasteiger charge is 2.18. The van der Waals surface area contributed by atoms with Crippen molar-refractivity contribution in [3.05, 3.63) is 131 Å². The molecule has 0 saturated heterocycles. The number of para-hydroxylation sites is 1. The first kappa shape index (κ1) is 28.3. The van der Waals surface area contributed by atoms with Crippen molar-refractivity contribution in [3.8, 4) is 0 Å². The molecule has 3 N–H and O–H groups in total. The topological polar surface area (TPSA) is 87.3 Å². The van der Waals surface area contributed by atoms with Gasteiger partial charge in [0.05, 0.1) is 10.9 Å². The molecule has 1 atom stereocenters. The molecule has 202 valence electrons. The van der Waals surface area contributed by atoms with Gasteiger partial charge >= 0.3 is 0 Å². The van der Waals surface area contributed by atoms with Gasteiger partial charge in [0.2, 0.25) is 5.91 Å². The molecule has 4 aromatic carbocycles.